The highest BCUT2D eigenvalue weighted by Gasteiger charge is 1.93. The van der Waals surface area contributed by atoms with Crippen LogP contribution in [0.5, 0.6) is 0 Å². The lowest BCUT2D eigenvalue weighted by Gasteiger charge is -2.01. The molecule has 0 aromatic heterocycles. The largest absolute Gasteiger partial charge is 0.0654 e. The molecular formula is C42H54. The van der Waals surface area contributed by atoms with Crippen LogP contribution in [0, 0.1) is 34.6 Å². The van der Waals surface area contributed by atoms with Gasteiger partial charge in [-0.05, 0) is 53.0 Å². The topological polar surface area (TPSA) is 0 Å². The Morgan fingerprint density at radius 1 is 0.310 bits per heavy atom. The molecule has 0 fully saturated rings. The van der Waals surface area contributed by atoms with Gasteiger partial charge in [0.25, 0.3) is 0 Å². The molecule has 0 unspecified atom stereocenters. The van der Waals surface area contributed by atoms with E-state index in [0.717, 1.165) is 0 Å². The van der Waals surface area contributed by atoms with Crippen molar-refractivity contribution in [3.05, 3.63) is 179 Å². The molecule has 0 nitrogen and oxygen atoms in total. The third-order valence-corrected chi connectivity index (χ3v) is 6.45. The van der Waals surface area contributed by atoms with Gasteiger partial charge in [0.05, 0.1) is 0 Å². The van der Waals surface area contributed by atoms with Crippen LogP contribution in [0.3, 0.4) is 0 Å². The normalized spacial score (nSPS) is 9.29. The Morgan fingerprint density at radius 2 is 0.595 bits per heavy atom. The van der Waals surface area contributed by atoms with Gasteiger partial charge in [-0.2, -0.15) is 0 Å². The Kier molecular flexibility index (Phi) is 21.4. The molecule has 0 heterocycles. The van der Waals surface area contributed by atoms with Crippen molar-refractivity contribution in [1.82, 2.24) is 0 Å². The summed E-state index contributed by atoms with van der Waals surface area (Å²) in [4.78, 5) is 0. The maximum absolute atomic E-state index is 2.26. The second kappa shape index (κ2) is 24.9. The first-order chi connectivity index (χ1) is 20.4. The Bertz CT molecular complexity index is 1080. The summed E-state index contributed by atoms with van der Waals surface area (Å²) in [5.74, 6) is 0. The fourth-order valence-electron chi connectivity index (χ4n) is 3.82. The van der Waals surface area contributed by atoms with Gasteiger partial charge in [-0.25, -0.2) is 0 Å². The maximum atomic E-state index is 2.26. The highest BCUT2D eigenvalue weighted by atomic mass is 14.0. The molecule has 0 aliphatic carbocycles. The van der Waals surface area contributed by atoms with Gasteiger partial charge in [-0.1, -0.05) is 206 Å². The molecule has 0 N–H and O–H groups in total. The third kappa shape index (κ3) is 21.9. The van der Waals surface area contributed by atoms with E-state index in [-0.39, 0.29) is 0 Å². The Labute approximate surface area is 258 Å². The van der Waals surface area contributed by atoms with Crippen LogP contribution in [0.15, 0.2) is 146 Å². The first kappa shape index (κ1) is 36.1. The van der Waals surface area contributed by atoms with E-state index in [4.69, 9.17) is 0 Å². The van der Waals surface area contributed by atoms with Crippen molar-refractivity contribution in [2.75, 3.05) is 0 Å². The highest BCUT2D eigenvalue weighted by molar-refractivity contribution is 5.21. The second-order valence-corrected chi connectivity index (χ2v) is 10.8. The molecule has 5 rings (SSSR count). The number of hydrogen-bond donors (Lipinski definition) is 0. The fourth-order valence-corrected chi connectivity index (χ4v) is 3.82. The third-order valence-electron chi connectivity index (χ3n) is 6.45. The molecule has 42 heavy (non-hydrogen) atoms. The number of aryl methyl sites for hydroxylation is 6. The number of benzene rings is 5. The lowest BCUT2D eigenvalue weighted by molar-refractivity contribution is 0.632. The number of rotatable bonds is 6. The summed E-state index contributed by atoms with van der Waals surface area (Å²) in [5, 5.41) is 0. The summed E-state index contributed by atoms with van der Waals surface area (Å²) in [5.41, 5.74) is 8.14. The van der Waals surface area contributed by atoms with Crippen molar-refractivity contribution >= 4 is 0 Å². The molecule has 0 spiro atoms. The number of unbranched alkanes of at least 4 members (excludes halogenated alkanes) is 4. The van der Waals surface area contributed by atoms with Gasteiger partial charge in [0.1, 0.15) is 0 Å². The Balaban J connectivity index is 0.000000273. The van der Waals surface area contributed by atoms with Gasteiger partial charge in [0.15, 0.2) is 0 Å². The molecule has 0 aliphatic heterocycles. The molecule has 0 amide bonds. The van der Waals surface area contributed by atoms with E-state index in [1.165, 1.54) is 71.9 Å². The van der Waals surface area contributed by atoms with E-state index in [2.05, 4.69) is 114 Å². The van der Waals surface area contributed by atoms with Crippen LogP contribution in [-0.2, 0) is 6.42 Å². The lowest BCUT2D eigenvalue weighted by atomic mass is 10.0. The summed E-state index contributed by atoms with van der Waals surface area (Å²) in [6.45, 7) is 12.7. The first-order valence-electron chi connectivity index (χ1n) is 15.5. The van der Waals surface area contributed by atoms with Crippen molar-refractivity contribution < 1.29 is 0 Å². The monoisotopic (exact) mass is 558 g/mol. The molecule has 5 aromatic carbocycles. The quantitative estimate of drug-likeness (QED) is 0.182. The molecule has 0 radical (unpaired) electrons. The zero-order valence-corrected chi connectivity index (χ0v) is 27.1. The standard InChI is InChI=1S/C14H22.4C7H8/c1-3-4-5-6-7-8-14-11-9-13(2)10-12-14;4*1-7-5-3-2-4-6-7/h9-12H,3-8H2,1-2H3;4*2-6H,1H3. The molecule has 0 saturated carbocycles. The van der Waals surface area contributed by atoms with Gasteiger partial charge >= 0.3 is 0 Å². The van der Waals surface area contributed by atoms with Crippen molar-refractivity contribution in [1.29, 1.82) is 0 Å². The van der Waals surface area contributed by atoms with Crippen molar-refractivity contribution in [3.8, 4) is 0 Å². The molecule has 0 saturated heterocycles. The molecular weight excluding hydrogens is 504 g/mol. The van der Waals surface area contributed by atoms with E-state index in [9.17, 15) is 0 Å². The van der Waals surface area contributed by atoms with Crippen LogP contribution in [0.25, 0.3) is 0 Å². The highest BCUT2D eigenvalue weighted by Crippen LogP contribution is 2.09. The maximum Gasteiger partial charge on any atom is -0.0279 e. The van der Waals surface area contributed by atoms with Crippen LogP contribution in [0.2, 0.25) is 0 Å². The summed E-state index contributed by atoms with van der Waals surface area (Å²) in [6.07, 6.45) is 8.13. The van der Waals surface area contributed by atoms with Gasteiger partial charge < -0.3 is 0 Å². The van der Waals surface area contributed by atoms with Crippen molar-refractivity contribution in [2.45, 2.75) is 80.1 Å². The lowest BCUT2D eigenvalue weighted by Crippen LogP contribution is -1.86. The van der Waals surface area contributed by atoms with Gasteiger partial charge in [-0.15, -0.1) is 0 Å². The van der Waals surface area contributed by atoms with E-state index in [0.29, 0.717) is 0 Å². The van der Waals surface area contributed by atoms with E-state index in [1.54, 1.807) is 0 Å². The van der Waals surface area contributed by atoms with Crippen molar-refractivity contribution in [2.24, 2.45) is 0 Å². The van der Waals surface area contributed by atoms with E-state index >= 15 is 0 Å². The van der Waals surface area contributed by atoms with E-state index in [1.807, 2.05) is 72.8 Å². The zero-order chi connectivity index (χ0) is 30.7. The minimum Gasteiger partial charge on any atom is -0.0654 e. The molecule has 0 bridgehead atoms. The van der Waals surface area contributed by atoms with E-state index < -0.39 is 0 Å². The molecule has 5 aromatic rings. The van der Waals surface area contributed by atoms with Crippen LogP contribution in [0.1, 0.15) is 72.4 Å². The first-order valence-corrected chi connectivity index (χ1v) is 15.5. The van der Waals surface area contributed by atoms with Crippen molar-refractivity contribution in [3.63, 3.8) is 0 Å². The molecule has 222 valence electrons. The SMILES string of the molecule is CCCCCCCc1ccc(C)cc1.Cc1ccccc1.Cc1ccccc1.Cc1ccccc1.Cc1ccccc1. The summed E-state index contributed by atoms with van der Waals surface area (Å²) in [6, 6.07) is 50.0. The molecule has 0 aliphatic rings. The average molecular weight is 559 g/mol. The summed E-state index contributed by atoms with van der Waals surface area (Å²) >= 11 is 0. The minimum atomic E-state index is 1.25. The molecule has 0 heteroatoms. The van der Waals surface area contributed by atoms with Gasteiger partial charge in [-0.3, -0.25) is 0 Å². The Hall–Kier alpha value is -3.90. The van der Waals surface area contributed by atoms with Crippen LogP contribution in [-0.4, -0.2) is 0 Å². The average Bonchev–Trinajstić information content (AvgIpc) is 3.01. The zero-order valence-electron chi connectivity index (χ0n) is 27.1. The minimum absolute atomic E-state index is 1.25. The smallest absolute Gasteiger partial charge is 0.0279 e. The van der Waals surface area contributed by atoms with Crippen LogP contribution in [0.4, 0.5) is 0 Å². The molecule has 0 atom stereocenters. The second-order valence-electron chi connectivity index (χ2n) is 10.8. The summed E-state index contributed by atoms with van der Waals surface area (Å²) < 4.78 is 0. The summed E-state index contributed by atoms with van der Waals surface area (Å²) in [7, 11) is 0. The predicted octanol–water partition coefficient (Wildman–Crippen LogP) is 12.5. The van der Waals surface area contributed by atoms with Gasteiger partial charge in [0, 0.05) is 0 Å². The van der Waals surface area contributed by atoms with Gasteiger partial charge in [0.2, 0.25) is 0 Å². The van der Waals surface area contributed by atoms with Crippen LogP contribution < -0.4 is 0 Å². The predicted molar refractivity (Wildman–Crippen MR) is 188 cm³/mol. The number of hydrogen-bond acceptors (Lipinski definition) is 0. The van der Waals surface area contributed by atoms with Crippen LogP contribution >= 0.6 is 0 Å². The Morgan fingerprint density at radius 3 is 0.857 bits per heavy atom. The fraction of sp³-hybridized carbons (Fsp3) is 0.286.